The van der Waals surface area contributed by atoms with Gasteiger partial charge in [-0.25, -0.2) is 4.98 Å². The molecule has 11 heavy (non-hydrogen) atoms. The summed E-state index contributed by atoms with van der Waals surface area (Å²) in [5, 5.41) is 0. The van der Waals surface area contributed by atoms with Crippen LogP contribution in [-0.4, -0.2) is 16.3 Å². The average molecular weight is 149 g/mol. The van der Waals surface area contributed by atoms with Crippen LogP contribution in [0.4, 0.5) is 0 Å². The zero-order chi connectivity index (χ0) is 8.10. The van der Waals surface area contributed by atoms with Crippen molar-refractivity contribution >= 4 is 6.72 Å². The molecule has 1 aromatic heterocycles. The molecule has 0 unspecified atom stereocenters. The molecule has 0 amide bonds. The summed E-state index contributed by atoms with van der Waals surface area (Å²) in [6.45, 7) is 3.33. The predicted octanol–water partition coefficient (Wildman–Crippen LogP) is 1.18. The zero-order valence-corrected chi connectivity index (χ0v) is 6.57. The topological polar surface area (TPSA) is 30.2 Å². The summed E-state index contributed by atoms with van der Waals surface area (Å²) in [6.07, 6.45) is 8.18. The summed E-state index contributed by atoms with van der Waals surface area (Å²) in [5.74, 6) is 0. The molecule has 3 nitrogen and oxygen atoms in total. The van der Waals surface area contributed by atoms with Crippen molar-refractivity contribution in [3.8, 4) is 0 Å². The van der Waals surface area contributed by atoms with Crippen molar-refractivity contribution in [3.63, 3.8) is 0 Å². The Morgan fingerprint density at radius 1 is 1.82 bits per heavy atom. The Bertz CT molecular complexity index is 260. The Kier molecular flexibility index (Phi) is 2.60. The van der Waals surface area contributed by atoms with E-state index in [4.69, 9.17) is 0 Å². The van der Waals surface area contributed by atoms with Gasteiger partial charge in [-0.1, -0.05) is 6.08 Å². The molecule has 58 valence electrons. The Morgan fingerprint density at radius 3 is 3.18 bits per heavy atom. The number of hydrogen-bond donors (Lipinski definition) is 0. The summed E-state index contributed by atoms with van der Waals surface area (Å²) in [6, 6.07) is 0. The standard InChI is InChI=1S/C8H11N3/c1-9-5-3-4-8-6-11(2)7-10-8/h3,5-7H,1,4H2,2H3/b5-3+. The van der Waals surface area contributed by atoms with Crippen molar-refractivity contribution in [2.45, 2.75) is 6.42 Å². The Labute approximate surface area is 66.1 Å². The molecular weight excluding hydrogens is 138 g/mol. The molecule has 0 spiro atoms. The van der Waals surface area contributed by atoms with E-state index in [9.17, 15) is 0 Å². The highest BCUT2D eigenvalue weighted by molar-refractivity contribution is 5.25. The minimum Gasteiger partial charge on any atom is -0.340 e. The maximum Gasteiger partial charge on any atom is 0.0946 e. The SMILES string of the molecule is C=N/C=C/Cc1cn(C)cn1. The van der Waals surface area contributed by atoms with E-state index in [2.05, 4.69) is 16.7 Å². The Morgan fingerprint density at radius 2 is 2.64 bits per heavy atom. The normalized spacial score (nSPS) is 10.6. The van der Waals surface area contributed by atoms with E-state index in [0.29, 0.717) is 0 Å². The molecule has 0 aliphatic heterocycles. The van der Waals surface area contributed by atoms with Gasteiger partial charge in [0.15, 0.2) is 0 Å². The third kappa shape index (κ3) is 2.37. The lowest BCUT2D eigenvalue weighted by Gasteiger charge is -1.84. The van der Waals surface area contributed by atoms with Crippen LogP contribution in [0.5, 0.6) is 0 Å². The van der Waals surface area contributed by atoms with Crippen molar-refractivity contribution in [1.82, 2.24) is 9.55 Å². The number of aliphatic imine (C=N–C) groups is 1. The van der Waals surface area contributed by atoms with Crippen molar-refractivity contribution in [3.05, 3.63) is 30.5 Å². The molecule has 0 aromatic carbocycles. The van der Waals surface area contributed by atoms with Crippen molar-refractivity contribution in [1.29, 1.82) is 0 Å². The van der Waals surface area contributed by atoms with E-state index in [1.807, 2.05) is 23.9 Å². The second-order valence-electron chi connectivity index (χ2n) is 2.30. The minimum atomic E-state index is 0.819. The summed E-state index contributed by atoms with van der Waals surface area (Å²) in [4.78, 5) is 7.73. The summed E-state index contributed by atoms with van der Waals surface area (Å²) in [5.41, 5.74) is 1.05. The van der Waals surface area contributed by atoms with Crippen LogP contribution in [0.15, 0.2) is 29.8 Å². The highest BCUT2D eigenvalue weighted by Crippen LogP contribution is 1.95. The fraction of sp³-hybridized carbons (Fsp3) is 0.250. The molecule has 3 heteroatoms. The molecule has 0 N–H and O–H groups in total. The van der Waals surface area contributed by atoms with Gasteiger partial charge in [0.05, 0.1) is 12.0 Å². The van der Waals surface area contributed by atoms with Gasteiger partial charge in [0.2, 0.25) is 0 Å². The summed E-state index contributed by atoms with van der Waals surface area (Å²) >= 11 is 0. The fourth-order valence-electron chi connectivity index (χ4n) is 0.820. The van der Waals surface area contributed by atoms with E-state index in [1.165, 1.54) is 0 Å². The number of nitrogens with zero attached hydrogens (tertiary/aromatic N) is 3. The highest BCUT2D eigenvalue weighted by atomic mass is 15.0. The Hall–Kier alpha value is -1.38. The second kappa shape index (κ2) is 3.71. The van der Waals surface area contributed by atoms with Gasteiger partial charge in [-0.05, 0) is 6.72 Å². The first kappa shape index (κ1) is 7.72. The molecule has 1 heterocycles. The number of aryl methyl sites for hydroxylation is 1. The first-order valence-electron chi connectivity index (χ1n) is 3.40. The smallest absolute Gasteiger partial charge is 0.0946 e. The van der Waals surface area contributed by atoms with Crippen LogP contribution in [0, 0.1) is 0 Å². The van der Waals surface area contributed by atoms with Gasteiger partial charge in [-0.3, -0.25) is 4.99 Å². The summed E-state index contributed by atoms with van der Waals surface area (Å²) in [7, 11) is 1.95. The van der Waals surface area contributed by atoms with Crippen LogP contribution in [-0.2, 0) is 13.5 Å². The van der Waals surface area contributed by atoms with Crippen LogP contribution < -0.4 is 0 Å². The molecule has 0 saturated heterocycles. The molecule has 1 rings (SSSR count). The Balaban J connectivity index is 2.51. The minimum absolute atomic E-state index is 0.819. The van der Waals surface area contributed by atoms with Crippen molar-refractivity contribution in [2.75, 3.05) is 0 Å². The highest BCUT2D eigenvalue weighted by Gasteiger charge is 1.90. The van der Waals surface area contributed by atoms with E-state index in [0.717, 1.165) is 12.1 Å². The average Bonchev–Trinajstić information content (AvgIpc) is 2.37. The first-order valence-corrected chi connectivity index (χ1v) is 3.40. The number of hydrogen-bond acceptors (Lipinski definition) is 2. The molecule has 0 radical (unpaired) electrons. The van der Waals surface area contributed by atoms with Crippen molar-refractivity contribution < 1.29 is 0 Å². The molecule has 1 aromatic rings. The van der Waals surface area contributed by atoms with Gasteiger partial charge >= 0.3 is 0 Å². The first-order chi connectivity index (χ1) is 5.33. The van der Waals surface area contributed by atoms with E-state index < -0.39 is 0 Å². The molecule has 0 atom stereocenters. The van der Waals surface area contributed by atoms with Gasteiger partial charge < -0.3 is 4.57 Å². The molecular formula is C8H11N3. The summed E-state index contributed by atoms with van der Waals surface area (Å²) < 4.78 is 1.92. The maximum absolute atomic E-state index is 4.14. The third-order valence-corrected chi connectivity index (χ3v) is 1.30. The van der Waals surface area contributed by atoms with Crippen LogP contribution in [0.25, 0.3) is 0 Å². The predicted molar refractivity (Wildman–Crippen MR) is 45.6 cm³/mol. The lowest BCUT2D eigenvalue weighted by atomic mass is 10.3. The molecule has 0 saturated carbocycles. The largest absolute Gasteiger partial charge is 0.340 e. The molecule has 0 aliphatic rings. The quantitative estimate of drug-likeness (QED) is 0.593. The van der Waals surface area contributed by atoms with Crippen LogP contribution in [0.2, 0.25) is 0 Å². The zero-order valence-electron chi connectivity index (χ0n) is 6.57. The van der Waals surface area contributed by atoms with Gasteiger partial charge in [0, 0.05) is 25.9 Å². The molecule has 0 bridgehead atoms. The van der Waals surface area contributed by atoms with E-state index in [1.54, 1.807) is 12.5 Å². The lowest BCUT2D eigenvalue weighted by molar-refractivity contribution is 0.912. The van der Waals surface area contributed by atoms with Gasteiger partial charge in [0.25, 0.3) is 0 Å². The van der Waals surface area contributed by atoms with Gasteiger partial charge in [-0.15, -0.1) is 0 Å². The molecule has 0 fully saturated rings. The second-order valence-corrected chi connectivity index (χ2v) is 2.30. The van der Waals surface area contributed by atoms with E-state index in [-0.39, 0.29) is 0 Å². The maximum atomic E-state index is 4.14. The monoisotopic (exact) mass is 149 g/mol. The van der Waals surface area contributed by atoms with Crippen LogP contribution in [0.3, 0.4) is 0 Å². The van der Waals surface area contributed by atoms with Crippen LogP contribution in [0.1, 0.15) is 5.69 Å². The van der Waals surface area contributed by atoms with Crippen LogP contribution >= 0.6 is 0 Å². The number of aromatic nitrogens is 2. The van der Waals surface area contributed by atoms with E-state index >= 15 is 0 Å². The van der Waals surface area contributed by atoms with Gasteiger partial charge in [0.1, 0.15) is 0 Å². The van der Waals surface area contributed by atoms with Gasteiger partial charge in [-0.2, -0.15) is 0 Å². The number of imidazole rings is 1. The number of allylic oxidation sites excluding steroid dienone is 1. The number of rotatable bonds is 3. The lowest BCUT2D eigenvalue weighted by Crippen LogP contribution is -1.80. The fourth-order valence-corrected chi connectivity index (χ4v) is 0.820. The van der Waals surface area contributed by atoms with Crippen molar-refractivity contribution in [2.24, 2.45) is 12.0 Å². The third-order valence-electron chi connectivity index (χ3n) is 1.30. The molecule has 0 aliphatic carbocycles.